The molecule has 6 heteroatoms. The van der Waals surface area contributed by atoms with E-state index in [9.17, 15) is 4.79 Å². The van der Waals surface area contributed by atoms with E-state index in [1.807, 2.05) is 41.6 Å². The molecule has 1 unspecified atom stereocenters. The molecule has 6 nitrogen and oxygen atoms in total. The average molecular weight is 338 g/mol. The molecule has 1 aliphatic heterocycles. The Morgan fingerprint density at radius 1 is 1.36 bits per heavy atom. The summed E-state index contributed by atoms with van der Waals surface area (Å²) in [7, 11) is 0. The number of hydrogen-bond donors (Lipinski definition) is 1. The number of likely N-dealkylation sites (tertiary alicyclic amines) is 1. The van der Waals surface area contributed by atoms with Gasteiger partial charge in [0.05, 0.1) is 12.3 Å². The summed E-state index contributed by atoms with van der Waals surface area (Å²) in [5, 5.41) is 4.04. The van der Waals surface area contributed by atoms with Gasteiger partial charge in [0, 0.05) is 42.6 Å². The number of anilines is 1. The SMILES string of the molecule is CCn1ccnc1C1CCCCN1C(=O)Nc1ccc2ccoc2c1. The van der Waals surface area contributed by atoms with Gasteiger partial charge in [0.1, 0.15) is 11.4 Å². The highest BCUT2D eigenvalue weighted by Gasteiger charge is 2.30. The lowest BCUT2D eigenvalue weighted by atomic mass is 10.0. The molecule has 1 saturated heterocycles. The zero-order valence-corrected chi connectivity index (χ0v) is 14.3. The molecular weight excluding hydrogens is 316 g/mol. The monoisotopic (exact) mass is 338 g/mol. The minimum absolute atomic E-state index is 0.0241. The summed E-state index contributed by atoms with van der Waals surface area (Å²) in [6.07, 6.45) is 8.53. The van der Waals surface area contributed by atoms with Gasteiger partial charge in [-0.05, 0) is 44.4 Å². The van der Waals surface area contributed by atoms with Crippen molar-refractivity contribution >= 4 is 22.7 Å². The predicted molar refractivity (Wildman–Crippen MR) is 96.4 cm³/mol. The van der Waals surface area contributed by atoms with Crippen molar-refractivity contribution in [3.63, 3.8) is 0 Å². The van der Waals surface area contributed by atoms with Crippen LogP contribution in [0.4, 0.5) is 10.5 Å². The summed E-state index contributed by atoms with van der Waals surface area (Å²) in [4.78, 5) is 19.3. The Bertz CT molecular complexity index is 882. The first-order chi connectivity index (χ1) is 12.3. The van der Waals surface area contributed by atoms with Gasteiger partial charge in [-0.2, -0.15) is 0 Å². The number of nitrogens with zero attached hydrogens (tertiary/aromatic N) is 3. The van der Waals surface area contributed by atoms with Gasteiger partial charge < -0.3 is 19.2 Å². The fraction of sp³-hybridized carbons (Fsp3) is 0.368. The Kier molecular flexibility index (Phi) is 4.17. The number of fused-ring (bicyclic) bond motifs is 1. The Balaban J connectivity index is 1.56. The van der Waals surface area contributed by atoms with Crippen LogP contribution in [0.2, 0.25) is 0 Å². The number of amides is 2. The van der Waals surface area contributed by atoms with Crippen molar-refractivity contribution in [1.29, 1.82) is 0 Å². The maximum absolute atomic E-state index is 12.9. The van der Waals surface area contributed by atoms with Crippen molar-refractivity contribution in [2.24, 2.45) is 0 Å². The fourth-order valence-corrected chi connectivity index (χ4v) is 3.56. The highest BCUT2D eigenvalue weighted by molar-refractivity contribution is 5.92. The lowest BCUT2D eigenvalue weighted by molar-refractivity contribution is 0.157. The second kappa shape index (κ2) is 6.63. The van der Waals surface area contributed by atoms with E-state index in [0.717, 1.165) is 54.8 Å². The number of urea groups is 1. The molecule has 2 amide bonds. The van der Waals surface area contributed by atoms with Crippen molar-refractivity contribution < 1.29 is 9.21 Å². The number of piperidine rings is 1. The van der Waals surface area contributed by atoms with Crippen molar-refractivity contribution in [2.75, 3.05) is 11.9 Å². The molecule has 0 radical (unpaired) electrons. The number of carbonyl (C=O) groups excluding carboxylic acids is 1. The number of nitrogens with one attached hydrogen (secondary N) is 1. The van der Waals surface area contributed by atoms with Crippen LogP contribution < -0.4 is 5.32 Å². The quantitative estimate of drug-likeness (QED) is 0.769. The minimum Gasteiger partial charge on any atom is -0.464 e. The van der Waals surface area contributed by atoms with Crippen LogP contribution in [0.5, 0.6) is 0 Å². The van der Waals surface area contributed by atoms with Gasteiger partial charge in [0.2, 0.25) is 0 Å². The summed E-state index contributed by atoms with van der Waals surface area (Å²) < 4.78 is 7.53. The predicted octanol–water partition coefficient (Wildman–Crippen LogP) is 4.41. The van der Waals surface area contributed by atoms with Gasteiger partial charge in [0.25, 0.3) is 0 Å². The molecule has 2 aromatic heterocycles. The Labute approximate surface area is 146 Å². The molecule has 130 valence electrons. The van der Waals surface area contributed by atoms with E-state index in [0.29, 0.717) is 0 Å². The van der Waals surface area contributed by atoms with Crippen LogP contribution in [0.25, 0.3) is 11.0 Å². The van der Waals surface area contributed by atoms with E-state index in [-0.39, 0.29) is 12.1 Å². The highest BCUT2D eigenvalue weighted by Crippen LogP contribution is 2.31. The zero-order valence-electron chi connectivity index (χ0n) is 14.3. The van der Waals surface area contributed by atoms with Crippen LogP contribution >= 0.6 is 0 Å². The molecule has 3 aromatic rings. The summed E-state index contributed by atoms with van der Waals surface area (Å²) in [5.74, 6) is 0.971. The Morgan fingerprint density at radius 2 is 2.28 bits per heavy atom. The van der Waals surface area contributed by atoms with Crippen LogP contribution in [0.3, 0.4) is 0 Å². The Hall–Kier alpha value is -2.76. The third-order valence-electron chi connectivity index (χ3n) is 4.86. The second-order valence-corrected chi connectivity index (χ2v) is 6.38. The molecule has 0 spiro atoms. The van der Waals surface area contributed by atoms with E-state index < -0.39 is 0 Å². The molecule has 4 rings (SSSR count). The van der Waals surface area contributed by atoms with Crippen LogP contribution in [0, 0.1) is 0 Å². The third-order valence-corrected chi connectivity index (χ3v) is 4.86. The zero-order chi connectivity index (χ0) is 17.2. The largest absolute Gasteiger partial charge is 0.464 e. The number of aromatic nitrogens is 2. The van der Waals surface area contributed by atoms with Crippen molar-refractivity contribution in [3.05, 3.63) is 48.7 Å². The van der Waals surface area contributed by atoms with Gasteiger partial charge in [-0.3, -0.25) is 0 Å². The van der Waals surface area contributed by atoms with Gasteiger partial charge >= 0.3 is 6.03 Å². The Morgan fingerprint density at radius 3 is 3.16 bits per heavy atom. The first kappa shape index (κ1) is 15.7. The van der Waals surface area contributed by atoms with Crippen molar-refractivity contribution in [3.8, 4) is 0 Å². The number of carbonyl (C=O) groups is 1. The van der Waals surface area contributed by atoms with Crippen LogP contribution in [0.15, 0.2) is 47.3 Å². The summed E-state index contributed by atoms with van der Waals surface area (Å²) in [6, 6.07) is 7.57. The summed E-state index contributed by atoms with van der Waals surface area (Å²) in [6.45, 7) is 3.70. The van der Waals surface area contributed by atoms with Gasteiger partial charge in [-0.15, -0.1) is 0 Å². The van der Waals surface area contributed by atoms with E-state index in [1.165, 1.54) is 0 Å². The number of benzene rings is 1. The third kappa shape index (κ3) is 2.99. The fourth-order valence-electron chi connectivity index (χ4n) is 3.56. The first-order valence-corrected chi connectivity index (χ1v) is 8.82. The summed E-state index contributed by atoms with van der Waals surface area (Å²) in [5.41, 5.74) is 1.52. The van der Waals surface area contributed by atoms with Gasteiger partial charge in [-0.25, -0.2) is 9.78 Å². The lowest BCUT2D eigenvalue weighted by Crippen LogP contribution is -2.42. The minimum atomic E-state index is -0.0822. The normalized spacial score (nSPS) is 17.8. The number of furan rings is 1. The smallest absolute Gasteiger partial charge is 0.322 e. The maximum Gasteiger partial charge on any atom is 0.322 e. The highest BCUT2D eigenvalue weighted by atomic mass is 16.3. The van der Waals surface area contributed by atoms with E-state index in [2.05, 4.69) is 21.8 Å². The maximum atomic E-state index is 12.9. The van der Waals surface area contributed by atoms with E-state index in [4.69, 9.17) is 4.42 Å². The molecular formula is C19H22N4O2. The summed E-state index contributed by atoms with van der Waals surface area (Å²) >= 11 is 0. The number of hydrogen-bond acceptors (Lipinski definition) is 3. The van der Waals surface area contributed by atoms with E-state index in [1.54, 1.807) is 6.26 Å². The van der Waals surface area contributed by atoms with E-state index >= 15 is 0 Å². The topological polar surface area (TPSA) is 63.3 Å². The molecule has 3 heterocycles. The first-order valence-electron chi connectivity index (χ1n) is 8.82. The molecule has 1 aliphatic rings. The standard InChI is InChI=1S/C19H22N4O2/c1-2-22-11-9-20-18(22)16-5-3-4-10-23(16)19(24)21-15-7-6-14-8-12-25-17(14)13-15/h6-9,11-13,16H,2-5,10H2,1H3,(H,21,24). The van der Waals surface area contributed by atoms with Crippen LogP contribution in [-0.4, -0.2) is 27.0 Å². The molecule has 0 aliphatic carbocycles. The van der Waals surface area contributed by atoms with Crippen molar-refractivity contribution in [1.82, 2.24) is 14.5 Å². The van der Waals surface area contributed by atoms with Crippen molar-refractivity contribution in [2.45, 2.75) is 38.8 Å². The molecule has 1 atom stereocenters. The van der Waals surface area contributed by atoms with Crippen LogP contribution in [-0.2, 0) is 6.54 Å². The molecule has 25 heavy (non-hydrogen) atoms. The molecule has 0 bridgehead atoms. The molecule has 0 saturated carbocycles. The number of imidazole rings is 1. The van der Waals surface area contributed by atoms with Crippen LogP contribution in [0.1, 0.15) is 38.1 Å². The molecule has 1 fully saturated rings. The van der Waals surface area contributed by atoms with Gasteiger partial charge in [0.15, 0.2) is 0 Å². The molecule has 1 aromatic carbocycles. The number of aryl methyl sites for hydroxylation is 1. The average Bonchev–Trinajstić information content (AvgIpc) is 3.30. The second-order valence-electron chi connectivity index (χ2n) is 6.38. The molecule has 1 N–H and O–H groups in total. The number of rotatable bonds is 3. The lowest BCUT2D eigenvalue weighted by Gasteiger charge is -2.35. The van der Waals surface area contributed by atoms with Gasteiger partial charge in [-0.1, -0.05) is 0 Å².